The highest BCUT2D eigenvalue weighted by Crippen LogP contribution is 2.43. The van der Waals surface area contributed by atoms with Crippen molar-refractivity contribution in [2.24, 2.45) is 0 Å². The van der Waals surface area contributed by atoms with Crippen molar-refractivity contribution in [3.05, 3.63) is 97.2 Å². The third-order valence-corrected chi connectivity index (χ3v) is 13.0. The minimum Gasteiger partial charge on any atom is -0.387 e. The molecule has 0 heterocycles. The molecule has 0 bridgehead atoms. The SMILES string of the molecule is CC/C=C\C/C=C\C/C=C\C/C=C\C/C=C\C/C=C\C/C=C\CCCCCCCCCCCCCC(=O)NC(COP(=O)(O)OCC[N+](C)(C)C)C(O)/C=C/CCCCCCCCCCCCCC. The molecular formula is C60H108N2O6P+. The molecule has 8 nitrogen and oxygen atoms in total. The molecule has 0 spiro atoms. The molecule has 398 valence electrons. The molecule has 0 aromatic rings. The van der Waals surface area contributed by atoms with Gasteiger partial charge in [-0.25, -0.2) is 4.57 Å². The van der Waals surface area contributed by atoms with Crippen LogP contribution in [0.4, 0.5) is 0 Å². The first-order valence-electron chi connectivity index (χ1n) is 28.1. The Balaban J connectivity index is 4.15. The molecule has 3 unspecified atom stereocenters. The van der Waals surface area contributed by atoms with Crippen molar-refractivity contribution in [2.45, 2.75) is 238 Å². The van der Waals surface area contributed by atoms with Crippen LogP contribution in [0.5, 0.6) is 0 Å². The van der Waals surface area contributed by atoms with Gasteiger partial charge >= 0.3 is 7.82 Å². The van der Waals surface area contributed by atoms with Gasteiger partial charge < -0.3 is 19.8 Å². The molecule has 0 rings (SSSR count). The van der Waals surface area contributed by atoms with E-state index in [0.29, 0.717) is 17.4 Å². The maximum atomic E-state index is 13.0. The Labute approximate surface area is 426 Å². The van der Waals surface area contributed by atoms with Gasteiger partial charge in [-0.2, -0.15) is 0 Å². The fraction of sp³-hybridized carbons (Fsp3) is 0.717. The largest absolute Gasteiger partial charge is 0.472 e. The van der Waals surface area contributed by atoms with Crippen LogP contribution in [0.25, 0.3) is 0 Å². The van der Waals surface area contributed by atoms with Gasteiger partial charge in [0.2, 0.25) is 5.91 Å². The zero-order chi connectivity index (χ0) is 50.6. The summed E-state index contributed by atoms with van der Waals surface area (Å²) < 4.78 is 23.7. The van der Waals surface area contributed by atoms with Crippen molar-refractivity contribution in [3.8, 4) is 0 Å². The minimum absolute atomic E-state index is 0.0571. The molecule has 0 radical (unpaired) electrons. The highest BCUT2D eigenvalue weighted by molar-refractivity contribution is 7.47. The Morgan fingerprint density at radius 1 is 0.507 bits per heavy atom. The fourth-order valence-corrected chi connectivity index (χ4v) is 8.40. The topological polar surface area (TPSA) is 105 Å². The third-order valence-electron chi connectivity index (χ3n) is 12.1. The van der Waals surface area contributed by atoms with Crippen molar-refractivity contribution in [2.75, 3.05) is 40.9 Å². The molecule has 3 N–H and O–H groups in total. The van der Waals surface area contributed by atoms with Crippen LogP contribution in [0.2, 0.25) is 0 Å². The van der Waals surface area contributed by atoms with Gasteiger partial charge in [0.05, 0.1) is 39.9 Å². The lowest BCUT2D eigenvalue weighted by Gasteiger charge is -2.25. The van der Waals surface area contributed by atoms with Crippen molar-refractivity contribution in [1.82, 2.24) is 5.32 Å². The highest BCUT2D eigenvalue weighted by atomic mass is 31.2. The highest BCUT2D eigenvalue weighted by Gasteiger charge is 2.27. The molecule has 0 fully saturated rings. The fourth-order valence-electron chi connectivity index (χ4n) is 7.67. The van der Waals surface area contributed by atoms with Crippen LogP contribution in [0.1, 0.15) is 226 Å². The normalized spacial score (nSPS) is 14.7. The maximum absolute atomic E-state index is 13.0. The summed E-state index contributed by atoms with van der Waals surface area (Å²) in [7, 11) is 1.56. The minimum atomic E-state index is -4.35. The Hall–Kier alpha value is -2.58. The van der Waals surface area contributed by atoms with Crippen LogP contribution in [0.3, 0.4) is 0 Å². The van der Waals surface area contributed by atoms with Gasteiger partial charge in [0.1, 0.15) is 13.2 Å². The number of amides is 1. The number of phosphoric ester groups is 1. The second-order valence-corrected chi connectivity index (χ2v) is 21.4. The number of phosphoric acid groups is 1. The van der Waals surface area contributed by atoms with Crippen molar-refractivity contribution >= 4 is 13.7 Å². The van der Waals surface area contributed by atoms with Crippen LogP contribution < -0.4 is 5.32 Å². The number of aliphatic hydroxyl groups excluding tert-OH is 1. The van der Waals surface area contributed by atoms with Crippen LogP contribution >= 0.6 is 7.82 Å². The van der Waals surface area contributed by atoms with E-state index in [9.17, 15) is 19.4 Å². The number of hydrogen-bond acceptors (Lipinski definition) is 5. The second kappa shape index (κ2) is 50.4. The first-order valence-corrected chi connectivity index (χ1v) is 29.6. The summed E-state index contributed by atoms with van der Waals surface area (Å²) in [6.45, 7) is 4.69. The smallest absolute Gasteiger partial charge is 0.387 e. The summed E-state index contributed by atoms with van der Waals surface area (Å²) in [5.41, 5.74) is 0. The molecule has 0 saturated carbocycles. The zero-order valence-corrected chi connectivity index (χ0v) is 46.2. The Morgan fingerprint density at radius 2 is 0.870 bits per heavy atom. The number of likely N-dealkylation sites (N-methyl/N-ethyl adjacent to an activating group) is 1. The second-order valence-electron chi connectivity index (χ2n) is 19.9. The lowest BCUT2D eigenvalue weighted by atomic mass is 10.0. The lowest BCUT2D eigenvalue weighted by Crippen LogP contribution is -2.45. The van der Waals surface area contributed by atoms with Gasteiger partial charge in [0.25, 0.3) is 0 Å². The summed E-state index contributed by atoms with van der Waals surface area (Å²) in [5, 5.41) is 13.9. The van der Waals surface area contributed by atoms with Gasteiger partial charge in [-0.15, -0.1) is 0 Å². The van der Waals surface area contributed by atoms with Crippen LogP contribution in [0, 0.1) is 0 Å². The summed E-state index contributed by atoms with van der Waals surface area (Å²) in [5.74, 6) is -0.184. The number of unbranched alkanes of at least 4 members (excludes halogenated alkanes) is 23. The van der Waals surface area contributed by atoms with Gasteiger partial charge in [-0.1, -0.05) is 239 Å². The molecule has 0 aliphatic rings. The molecule has 0 aromatic heterocycles. The summed E-state index contributed by atoms with van der Waals surface area (Å²) in [4.78, 5) is 23.3. The Bertz CT molecular complexity index is 1440. The van der Waals surface area contributed by atoms with Crippen LogP contribution in [-0.4, -0.2) is 73.4 Å². The lowest BCUT2D eigenvalue weighted by molar-refractivity contribution is -0.870. The van der Waals surface area contributed by atoms with Gasteiger partial charge in [-0.3, -0.25) is 13.8 Å². The molecule has 0 aliphatic heterocycles. The number of hydrogen-bond donors (Lipinski definition) is 3. The zero-order valence-electron chi connectivity index (χ0n) is 45.3. The Morgan fingerprint density at radius 3 is 1.28 bits per heavy atom. The van der Waals surface area contributed by atoms with Crippen LogP contribution in [0.15, 0.2) is 97.2 Å². The first kappa shape index (κ1) is 66.4. The van der Waals surface area contributed by atoms with E-state index in [-0.39, 0.29) is 19.1 Å². The van der Waals surface area contributed by atoms with E-state index < -0.39 is 20.0 Å². The van der Waals surface area contributed by atoms with E-state index in [1.165, 1.54) is 122 Å². The molecular weight excluding hydrogens is 876 g/mol. The van der Waals surface area contributed by atoms with Crippen LogP contribution in [-0.2, 0) is 18.4 Å². The number of aliphatic hydroxyl groups is 1. The number of carbonyl (C=O) groups excluding carboxylic acids is 1. The van der Waals surface area contributed by atoms with E-state index in [1.54, 1.807) is 6.08 Å². The molecule has 0 aliphatic carbocycles. The number of rotatable bonds is 50. The molecule has 69 heavy (non-hydrogen) atoms. The Kier molecular flexibility index (Phi) is 48.5. The van der Waals surface area contributed by atoms with E-state index in [1.807, 2.05) is 27.2 Å². The standard InChI is InChI=1S/C60H107N2O6P/c1-6-8-10-12-14-16-18-20-22-23-24-25-26-27-28-29-30-31-32-33-34-35-36-37-38-39-40-42-44-46-48-50-52-54-60(64)61-58(57-68-69(65,66)67-56-55-62(3,4)5)59(63)53-51-49-47-45-43-41-21-19-17-15-13-11-9-7-2/h8,10,14,16,20,22,24-25,27-28,30-31,33-34,51,53,58-59,63H,6-7,9,11-13,15,17-19,21,23,26,29,32,35-50,52,54-57H2,1-5H3,(H-,61,64,65,66)/p+1/b10-8-,16-14-,22-20-,25-24-,28-27-,31-30-,34-33-,53-51+. The number of nitrogens with one attached hydrogen (secondary N) is 1. The van der Waals surface area contributed by atoms with E-state index in [0.717, 1.165) is 83.5 Å². The van der Waals surface area contributed by atoms with Crippen molar-refractivity contribution in [3.63, 3.8) is 0 Å². The van der Waals surface area contributed by atoms with Gasteiger partial charge in [0.15, 0.2) is 0 Å². The monoisotopic (exact) mass is 984 g/mol. The van der Waals surface area contributed by atoms with Gasteiger partial charge in [-0.05, 0) is 77.0 Å². The average Bonchev–Trinajstić information content (AvgIpc) is 3.31. The molecule has 0 aromatic carbocycles. The summed E-state index contributed by atoms with van der Waals surface area (Å²) in [6.07, 6.45) is 72.1. The van der Waals surface area contributed by atoms with E-state index in [2.05, 4.69) is 104 Å². The molecule has 1 amide bonds. The molecule has 3 atom stereocenters. The molecule has 0 saturated heterocycles. The predicted octanol–water partition coefficient (Wildman–Crippen LogP) is 17.0. The third kappa shape index (κ3) is 53.1. The van der Waals surface area contributed by atoms with E-state index in [4.69, 9.17) is 9.05 Å². The van der Waals surface area contributed by atoms with Crippen molar-refractivity contribution < 1.29 is 32.9 Å². The summed E-state index contributed by atoms with van der Waals surface area (Å²) in [6, 6.07) is -0.853. The number of quaternary nitrogens is 1. The number of carbonyl (C=O) groups is 1. The predicted molar refractivity (Wildman–Crippen MR) is 299 cm³/mol. The maximum Gasteiger partial charge on any atom is 0.472 e. The number of nitrogens with zero attached hydrogens (tertiary/aromatic N) is 1. The quantitative estimate of drug-likeness (QED) is 0.0243. The average molecular weight is 985 g/mol. The van der Waals surface area contributed by atoms with Crippen molar-refractivity contribution in [1.29, 1.82) is 0 Å². The van der Waals surface area contributed by atoms with Gasteiger partial charge in [0, 0.05) is 6.42 Å². The van der Waals surface area contributed by atoms with E-state index >= 15 is 0 Å². The number of allylic oxidation sites excluding steroid dienone is 15. The summed E-state index contributed by atoms with van der Waals surface area (Å²) >= 11 is 0. The molecule has 9 heteroatoms. The first-order chi connectivity index (χ1) is 33.5.